The van der Waals surface area contributed by atoms with Gasteiger partial charge in [-0.3, -0.25) is 4.79 Å². The first-order valence-electron chi connectivity index (χ1n) is 5.79. The molecule has 18 heavy (non-hydrogen) atoms. The molecule has 3 nitrogen and oxygen atoms in total. The fourth-order valence-electron chi connectivity index (χ4n) is 1.50. The fraction of sp³-hybridized carbons (Fsp3) is 0.286. The Labute approximate surface area is 111 Å². The summed E-state index contributed by atoms with van der Waals surface area (Å²) in [6.45, 7) is 5.89. The Balaban J connectivity index is 2.19. The number of nitrogens with one attached hydrogen (secondary N) is 1. The summed E-state index contributed by atoms with van der Waals surface area (Å²) in [5.74, 6) is -0.0674. The quantitative estimate of drug-likeness (QED) is 0.899. The van der Waals surface area contributed by atoms with Crippen molar-refractivity contribution in [2.75, 3.05) is 0 Å². The van der Waals surface area contributed by atoms with Crippen LogP contribution in [0.4, 0.5) is 0 Å². The van der Waals surface area contributed by atoms with Gasteiger partial charge in [-0.1, -0.05) is 30.3 Å². The number of benzene rings is 1. The number of amides is 1. The Morgan fingerprint density at radius 1 is 1.22 bits per heavy atom. The van der Waals surface area contributed by atoms with E-state index in [4.69, 9.17) is 0 Å². The normalized spacial score (nSPS) is 11.3. The summed E-state index contributed by atoms with van der Waals surface area (Å²) >= 11 is 1.41. The van der Waals surface area contributed by atoms with Gasteiger partial charge in [-0.25, -0.2) is 4.98 Å². The smallest absolute Gasteiger partial charge is 0.263 e. The van der Waals surface area contributed by atoms with E-state index in [0.29, 0.717) is 4.88 Å². The Morgan fingerprint density at radius 2 is 1.89 bits per heavy atom. The van der Waals surface area contributed by atoms with Gasteiger partial charge in [-0.2, -0.15) is 0 Å². The van der Waals surface area contributed by atoms with Crippen molar-refractivity contribution in [3.8, 4) is 10.6 Å². The minimum absolute atomic E-state index is 0.0674. The summed E-state index contributed by atoms with van der Waals surface area (Å²) in [6.07, 6.45) is 1.63. The predicted molar refractivity (Wildman–Crippen MR) is 74.8 cm³/mol. The Morgan fingerprint density at radius 3 is 2.50 bits per heavy atom. The lowest BCUT2D eigenvalue weighted by Crippen LogP contribution is -2.40. The molecule has 2 aromatic rings. The Hall–Kier alpha value is -1.68. The third-order valence-electron chi connectivity index (χ3n) is 2.24. The molecular weight excluding hydrogens is 244 g/mol. The lowest BCUT2D eigenvalue weighted by Gasteiger charge is -2.19. The molecule has 1 heterocycles. The van der Waals surface area contributed by atoms with Crippen molar-refractivity contribution in [2.45, 2.75) is 26.3 Å². The molecule has 0 aliphatic carbocycles. The lowest BCUT2D eigenvalue weighted by molar-refractivity contribution is 0.0923. The maximum absolute atomic E-state index is 12.0. The van der Waals surface area contributed by atoms with Gasteiger partial charge in [0.1, 0.15) is 9.88 Å². The van der Waals surface area contributed by atoms with Crippen LogP contribution in [0.5, 0.6) is 0 Å². The van der Waals surface area contributed by atoms with Crippen molar-refractivity contribution >= 4 is 17.2 Å². The van der Waals surface area contributed by atoms with Gasteiger partial charge < -0.3 is 5.32 Å². The van der Waals surface area contributed by atoms with Crippen LogP contribution in [-0.4, -0.2) is 16.4 Å². The molecule has 94 valence electrons. The molecule has 0 bridgehead atoms. The zero-order valence-corrected chi connectivity index (χ0v) is 11.5. The number of carbonyl (C=O) groups excluding carboxylic acids is 1. The van der Waals surface area contributed by atoms with Gasteiger partial charge in [0.05, 0.1) is 6.20 Å². The molecule has 1 aromatic heterocycles. The van der Waals surface area contributed by atoms with Gasteiger partial charge >= 0.3 is 0 Å². The van der Waals surface area contributed by atoms with Crippen LogP contribution in [0.3, 0.4) is 0 Å². The van der Waals surface area contributed by atoms with Gasteiger partial charge in [-0.15, -0.1) is 11.3 Å². The van der Waals surface area contributed by atoms with Crippen LogP contribution in [0.25, 0.3) is 10.6 Å². The van der Waals surface area contributed by atoms with Crippen molar-refractivity contribution < 1.29 is 4.79 Å². The molecular formula is C14H16N2OS. The zero-order valence-electron chi connectivity index (χ0n) is 10.7. The number of nitrogens with zero attached hydrogens (tertiary/aromatic N) is 1. The highest BCUT2D eigenvalue weighted by Crippen LogP contribution is 2.24. The molecule has 0 saturated carbocycles. The second-order valence-corrected chi connectivity index (χ2v) is 6.13. The molecule has 4 heteroatoms. The molecule has 0 aliphatic rings. The third-order valence-corrected chi connectivity index (χ3v) is 3.28. The summed E-state index contributed by atoms with van der Waals surface area (Å²) in [5, 5.41) is 3.80. The first-order chi connectivity index (χ1) is 8.46. The molecule has 2 rings (SSSR count). The largest absolute Gasteiger partial charge is 0.347 e. The number of hydrogen-bond acceptors (Lipinski definition) is 3. The van der Waals surface area contributed by atoms with Crippen LogP contribution in [0.15, 0.2) is 36.5 Å². The summed E-state index contributed by atoms with van der Waals surface area (Å²) in [7, 11) is 0. The second-order valence-electron chi connectivity index (χ2n) is 5.10. The van der Waals surface area contributed by atoms with Crippen LogP contribution < -0.4 is 5.32 Å². The van der Waals surface area contributed by atoms with E-state index in [0.717, 1.165) is 10.6 Å². The molecule has 0 fully saturated rings. The summed E-state index contributed by atoms with van der Waals surface area (Å²) in [5.41, 5.74) is 0.811. The molecule has 0 saturated heterocycles. The number of thiazole rings is 1. The van der Waals surface area contributed by atoms with Crippen LogP contribution >= 0.6 is 11.3 Å². The summed E-state index contributed by atoms with van der Waals surface area (Å²) in [4.78, 5) is 16.9. The monoisotopic (exact) mass is 260 g/mol. The highest BCUT2D eigenvalue weighted by molar-refractivity contribution is 7.16. The number of rotatable bonds is 2. The first kappa shape index (κ1) is 12.8. The van der Waals surface area contributed by atoms with Crippen LogP contribution in [0, 0.1) is 0 Å². The molecule has 1 amide bonds. The molecule has 0 spiro atoms. The van der Waals surface area contributed by atoms with Crippen molar-refractivity contribution in [2.24, 2.45) is 0 Å². The van der Waals surface area contributed by atoms with E-state index in [1.807, 2.05) is 51.1 Å². The molecule has 1 aromatic carbocycles. The number of hydrogen-bond donors (Lipinski definition) is 1. The number of carbonyl (C=O) groups is 1. The molecule has 0 aliphatic heterocycles. The average molecular weight is 260 g/mol. The maximum atomic E-state index is 12.0. The summed E-state index contributed by atoms with van der Waals surface area (Å²) < 4.78 is 0. The highest BCUT2D eigenvalue weighted by atomic mass is 32.1. The van der Waals surface area contributed by atoms with E-state index in [1.165, 1.54) is 11.3 Å². The van der Waals surface area contributed by atoms with Gasteiger partial charge in [-0.05, 0) is 20.8 Å². The second kappa shape index (κ2) is 4.90. The lowest BCUT2D eigenvalue weighted by atomic mass is 10.1. The number of aromatic nitrogens is 1. The van der Waals surface area contributed by atoms with E-state index < -0.39 is 0 Å². The standard InChI is InChI=1S/C14H16N2OS/c1-14(2,3)16-12(17)11-9-15-13(18-11)10-7-5-4-6-8-10/h4-9H,1-3H3,(H,16,17). The zero-order chi connectivity index (χ0) is 13.2. The van der Waals surface area contributed by atoms with Gasteiger partial charge in [0.25, 0.3) is 5.91 Å². The first-order valence-corrected chi connectivity index (χ1v) is 6.61. The van der Waals surface area contributed by atoms with E-state index in [2.05, 4.69) is 10.3 Å². The van der Waals surface area contributed by atoms with Crippen LogP contribution in [0.1, 0.15) is 30.4 Å². The molecule has 0 unspecified atom stereocenters. The predicted octanol–water partition coefficient (Wildman–Crippen LogP) is 3.34. The van der Waals surface area contributed by atoms with E-state index in [1.54, 1.807) is 6.20 Å². The Bertz CT molecular complexity index is 540. The minimum atomic E-state index is -0.228. The molecule has 0 radical (unpaired) electrons. The van der Waals surface area contributed by atoms with Crippen molar-refractivity contribution in [3.05, 3.63) is 41.4 Å². The fourth-order valence-corrected chi connectivity index (χ4v) is 2.31. The van der Waals surface area contributed by atoms with Gasteiger partial charge in [0.2, 0.25) is 0 Å². The van der Waals surface area contributed by atoms with E-state index >= 15 is 0 Å². The van der Waals surface area contributed by atoms with Gasteiger partial charge in [0, 0.05) is 11.1 Å². The van der Waals surface area contributed by atoms with Crippen molar-refractivity contribution in [1.82, 2.24) is 10.3 Å². The molecule has 1 N–H and O–H groups in total. The van der Waals surface area contributed by atoms with Crippen molar-refractivity contribution in [1.29, 1.82) is 0 Å². The van der Waals surface area contributed by atoms with Crippen molar-refractivity contribution in [3.63, 3.8) is 0 Å². The maximum Gasteiger partial charge on any atom is 0.263 e. The third kappa shape index (κ3) is 3.17. The van der Waals surface area contributed by atoms with E-state index in [9.17, 15) is 4.79 Å². The highest BCUT2D eigenvalue weighted by Gasteiger charge is 2.17. The SMILES string of the molecule is CC(C)(C)NC(=O)c1cnc(-c2ccccc2)s1. The average Bonchev–Trinajstić information content (AvgIpc) is 2.77. The molecule has 0 atom stereocenters. The van der Waals surface area contributed by atoms with Crippen LogP contribution in [0.2, 0.25) is 0 Å². The minimum Gasteiger partial charge on any atom is -0.347 e. The summed E-state index contributed by atoms with van der Waals surface area (Å²) in [6, 6.07) is 9.87. The Kier molecular flexibility index (Phi) is 3.48. The van der Waals surface area contributed by atoms with Gasteiger partial charge in [0.15, 0.2) is 0 Å². The van der Waals surface area contributed by atoms with E-state index in [-0.39, 0.29) is 11.4 Å². The van der Waals surface area contributed by atoms with Crippen LogP contribution in [-0.2, 0) is 0 Å². The topological polar surface area (TPSA) is 42.0 Å².